The molecule has 0 rings (SSSR count). The summed E-state index contributed by atoms with van der Waals surface area (Å²) in [5.41, 5.74) is 9.75. The molecular formula is C9H22N5O9P. The summed E-state index contributed by atoms with van der Waals surface area (Å²) in [6.07, 6.45) is 0. The van der Waals surface area contributed by atoms with Gasteiger partial charge in [0.25, 0.3) is 0 Å². The van der Waals surface area contributed by atoms with Crippen molar-refractivity contribution in [3.8, 4) is 0 Å². The molecule has 0 aliphatic heterocycles. The van der Waals surface area contributed by atoms with Crippen LogP contribution in [0.2, 0.25) is 0 Å². The lowest BCUT2D eigenvalue weighted by molar-refractivity contribution is -0.141. The van der Waals surface area contributed by atoms with Crippen molar-refractivity contribution in [1.29, 1.82) is 5.41 Å². The van der Waals surface area contributed by atoms with Gasteiger partial charge in [-0.15, -0.1) is 0 Å². The maximum atomic E-state index is 10.7. The average Bonchev–Trinajstić information content (AvgIpc) is 2.44. The third kappa shape index (κ3) is 16.6. The number of phosphoric acid groups is 1. The summed E-state index contributed by atoms with van der Waals surface area (Å²) in [6, 6.07) is -2.38. The molecule has 2 unspecified atom stereocenters. The molecule has 2 atom stereocenters. The molecule has 12 N–H and O–H groups in total. The predicted octanol–water partition coefficient (Wildman–Crippen LogP) is -3.99. The molecule has 0 amide bonds. The summed E-state index contributed by atoms with van der Waals surface area (Å²) in [7, 11) is -4.69. The van der Waals surface area contributed by atoms with Crippen LogP contribution < -0.4 is 22.1 Å². The number of aliphatic hydroxyl groups excluding tert-OH is 1. The highest BCUT2D eigenvalue weighted by atomic mass is 31.2. The number of hydrogen-bond acceptors (Lipinski definition) is 8. The van der Waals surface area contributed by atoms with E-state index in [0.717, 1.165) is 0 Å². The fraction of sp³-hybridized carbons (Fsp3) is 0.667. The van der Waals surface area contributed by atoms with Gasteiger partial charge in [0.05, 0.1) is 13.2 Å². The number of rotatable bonds is 10. The molecule has 24 heavy (non-hydrogen) atoms. The third-order valence-electron chi connectivity index (χ3n) is 2.05. The van der Waals surface area contributed by atoms with Gasteiger partial charge in [0, 0.05) is 13.1 Å². The average molecular weight is 375 g/mol. The van der Waals surface area contributed by atoms with Gasteiger partial charge in [-0.2, -0.15) is 0 Å². The second-order valence-corrected chi connectivity index (χ2v) is 5.34. The van der Waals surface area contributed by atoms with Crippen LogP contribution in [0.5, 0.6) is 0 Å². The minimum absolute atomic E-state index is 0.140. The van der Waals surface area contributed by atoms with E-state index in [-0.39, 0.29) is 19.0 Å². The van der Waals surface area contributed by atoms with Gasteiger partial charge < -0.3 is 47.2 Å². The van der Waals surface area contributed by atoms with Crippen LogP contribution in [0.3, 0.4) is 0 Å². The van der Waals surface area contributed by atoms with Crippen molar-refractivity contribution in [2.75, 3.05) is 26.3 Å². The molecule has 142 valence electrons. The SMILES string of the molecule is N=C(N)NCCNC(COP(=O)(O)O)C(=O)O.NC(CO)C(=O)O. The van der Waals surface area contributed by atoms with E-state index in [9.17, 15) is 14.2 Å². The van der Waals surface area contributed by atoms with Gasteiger partial charge in [0.15, 0.2) is 5.96 Å². The van der Waals surface area contributed by atoms with E-state index < -0.39 is 45.1 Å². The standard InChI is InChI=1S/C6H15N4O6P.C3H7NO3/c7-6(8)10-2-1-9-4(5(11)12)3-16-17(13,14)15;4-2(1-5)3(6)7/h4,9H,1-3H2,(H,11,12)(H4,7,8,10)(H2,13,14,15);2,5H,1,4H2,(H,6,7). The molecule has 0 aromatic rings. The molecule has 0 aromatic heterocycles. The summed E-state index contributed by atoms with van der Waals surface area (Å²) < 4.78 is 14.4. The van der Waals surface area contributed by atoms with Crippen LogP contribution in [0.1, 0.15) is 0 Å². The zero-order chi connectivity index (χ0) is 19.3. The highest BCUT2D eigenvalue weighted by molar-refractivity contribution is 7.46. The Bertz CT molecular complexity index is 457. The first kappa shape index (κ1) is 24.5. The summed E-state index contributed by atoms with van der Waals surface area (Å²) in [5.74, 6) is -2.74. The van der Waals surface area contributed by atoms with Gasteiger partial charge in [-0.3, -0.25) is 19.5 Å². The number of carboxylic acid groups (broad SMARTS) is 2. The zero-order valence-corrected chi connectivity index (χ0v) is 13.3. The predicted molar refractivity (Wildman–Crippen MR) is 80.0 cm³/mol. The first-order valence-corrected chi connectivity index (χ1v) is 7.77. The van der Waals surface area contributed by atoms with Crippen molar-refractivity contribution in [2.45, 2.75) is 12.1 Å². The first-order valence-electron chi connectivity index (χ1n) is 6.24. The second-order valence-electron chi connectivity index (χ2n) is 4.10. The Hall–Kier alpha value is -1.80. The van der Waals surface area contributed by atoms with E-state index in [1.165, 1.54) is 0 Å². The number of aliphatic carboxylic acids is 2. The van der Waals surface area contributed by atoms with Gasteiger partial charge in [-0.05, 0) is 0 Å². The van der Waals surface area contributed by atoms with Gasteiger partial charge in [-0.25, -0.2) is 4.57 Å². The highest BCUT2D eigenvalue weighted by Crippen LogP contribution is 2.35. The lowest BCUT2D eigenvalue weighted by Gasteiger charge is -2.15. The van der Waals surface area contributed by atoms with Crippen LogP contribution in [-0.4, -0.2) is 81.4 Å². The molecule has 15 heteroatoms. The van der Waals surface area contributed by atoms with Crippen LogP contribution in [-0.2, 0) is 18.7 Å². The lowest BCUT2D eigenvalue weighted by atomic mass is 10.3. The maximum Gasteiger partial charge on any atom is 0.469 e. The van der Waals surface area contributed by atoms with Crippen LogP contribution in [0, 0.1) is 5.41 Å². The summed E-state index contributed by atoms with van der Waals surface area (Å²) in [6.45, 7) is -0.828. The van der Waals surface area contributed by atoms with Crippen LogP contribution in [0.4, 0.5) is 0 Å². The fourth-order valence-corrected chi connectivity index (χ4v) is 1.25. The van der Waals surface area contributed by atoms with Crippen molar-refractivity contribution >= 4 is 25.7 Å². The molecule has 0 fully saturated rings. The molecule has 0 saturated heterocycles. The summed E-state index contributed by atoms with van der Waals surface area (Å²) >= 11 is 0. The van der Waals surface area contributed by atoms with Gasteiger partial charge in [0.1, 0.15) is 12.1 Å². The van der Waals surface area contributed by atoms with E-state index in [0.29, 0.717) is 0 Å². The number of carbonyl (C=O) groups is 2. The fourth-order valence-electron chi connectivity index (χ4n) is 0.911. The third-order valence-corrected chi connectivity index (χ3v) is 2.54. The number of carboxylic acids is 2. The van der Waals surface area contributed by atoms with Crippen molar-refractivity contribution in [1.82, 2.24) is 10.6 Å². The monoisotopic (exact) mass is 375 g/mol. The normalized spacial score (nSPS) is 13.2. The van der Waals surface area contributed by atoms with Crippen molar-refractivity contribution < 1.29 is 43.8 Å². The second kappa shape index (κ2) is 12.6. The van der Waals surface area contributed by atoms with E-state index in [1.54, 1.807) is 0 Å². The molecular weight excluding hydrogens is 353 g/mol. The molecule has 0 saturated carbocycles. The van der Waals surface area contributed by atoms with Crippen molar-refractivity contribution in [3.63, 3.8) is 0 Å². The number of nitrogens with one attached hydrogen (secondary N) is 3. The van der Waals surface area contributed by atoms with Crippen molar-refractivity contribution in [2.24, 2.45) is 11.5 Å². The minimum Gasteiger partial charge on any atom is -0.480 e. The number of hydrogen-bond donors (Lipinski definition) is 10. The van der Waals surface area contributed by atoms with E-state index in [4.69, 9.17) is 42.0 Å². The molecule has 14 nitrogen and oxygen atoms in total. The molecule has 0 aliphatic rings. The number of aliphatic hydroxyl groups is 1. The molecule has 0 radical (unpaired) electrons. The quantitative estimate of drug-likeness (QED) is 0.0756. The smallest absolute Gasteiger partial charge is 0.469 e. The number of nitrogens with two attached hydrogens (primary N) is 2. The molecule has 0 aliphatic carbocycles. The van der Waals surface area contributed by atoms with Crippen LogP contribution in [0.15, 0.2) is 0 Å². The number of phosphoric ester groups is 1. The maximum absolute atomic E-state index is 10.7. The first-order chi connectivity index (χ1) is 10.9. The van der Waals surface area contributed by atoms with Crippen LogP contribution >= 0.6 is 7.82 Å². The zero-order valence-electron chi connectivity index (χ0n) is 12.5. The van der Waals surface area contributed by atoms with Gasteiger partial charge in [-0.1, -0.05) is 0 Å². The molecule has 0 aromatic carbocycles. The van der Waals surface area contributed by atoms with Crippen LogP contribution in [0.25, 0.3) is 0 Å². The van der Waals surface area contributed by atoms with Gasteiger partial charge in [0.2, 0.25) is 0 Å². The molecule has 0 heterocycles. The van der Waals surface area contributed by atoms with Crippen molar-refractivity contribution in [3.05, 3.63) is 0 Å². The van der Waals surface area contributed by atoms with E-state index in [2.05, 4.69) is 15.2 Å². The Morgan fingerprint density at radius 2 is 1.75 bits per heavy atom. The lowest BCUT2D eigenvalue weighted by Crippen LogP contribution is -2.44. The Morgan fingerprint density at radius 1 is 1.21 bits per heavy atom. The minimum atomic E-state index is -4.69. The number of guanidine groups is 1. The Labute approximate surface area is 136 Å². The van der Waals surface area contributed by atoms with Gasteiger partial charge >= 0.3 is 19.8 Å². The summed E-state index contributed by atoms with van der Waals surface area (Å²) in [4.78, 5) is 37.1. The highest BCUT2D eigenvalue weighted by Gasteiger charge is 2.22. The Kier molecular flexibility index (Phi) is 12.8. The topological polar surface area (TPSA) is 262 Å². The Balaban J connectivity index is 0. The largest absolute Gasteiger partial charge is 0.480 e. The molecule has 0 spiro atoms. The molecule has 0 bridgehead atoms. The Morgan fingerprint density at radius 3 is 2.04 bits per heavy atom. The van der Waals surface area contributed by atoms with E-state index in [1.807, 2.05) is 0 Å². The summed E-state index contributed by atoms with van der Waals surface area (Å²) in [5, 5.41) is 36.3. The van der Waals surface area contributed by atoms with E-state index >= 15 is 0 Å².